The van der Waals surface area contributed by atoms with Crippen LogP contribution in [0, 0.1) is 24.2 Å². The topological polar surface area (TPSA) is 112 Å². The first kappa shape index (κ1) is 22.5. The van der Waals surface area contributed by atoms with Crippen LogP contribution in [0.15, 0.2) is 23.2 Å². The van der Waals surface area contributed by atoms with E-state index in [1.807, 2.05) is 0 Å². The van der Waals surface area contributed by atoms with E-state index < -0.39 is 30.1 Å². The zero-order valence-corrected chi connectivity index (χ0v) is 17.9. The van der Waals surface area contributed by atoms with Crippen LogP contribution < -0.4 is 9.47 Å². The van der Waals surface area contributed by atoms with E-state index in [0.717, 1.165) is 4.90 Å². The number of terminal acetylenes is 1. The highest BCUT2D eigenvalue weighted by atomic mass is 16.5. The highest BCUT2D eigenvalue weighted by Crippen LogP contribution is 2.29. The number of amidine groups is 1. The molecule has 2 atom stereocenters. The standard InChI is InChI=1S/C22H22N4O6/c1-5-11-26-21(29)19-20(25(22(26)30)12-10-18(27)28)23-17(24(19)2)9-7-14-6-8-15(31-3)16(13-14)32-4/h1,6,8,13,19-20H,10-12H2,2-4H3,(H,27,28). The van der Waals surface area contributed by atoms with Gasteiger partial charge in [0.1, 0.15) is 0 Å². The van der Waals surface area contributed by atoms with Gasteiger partial charge in [-0.1, -0.05) is 11.8 Å². The van der Waals surface area contributed by atoms with Gasteiger partial charge in [-0.25, -0.2) is 9.79 Å². The number of aliphatic imine (C=N–C) groups is 1. The van der Waals surface area contributed by atoms with E-state index in [4.69, 9.17) is 21.0 Å². The van der Waals surface area contributed by atoms with Gasteiger partial charge in [-0.05, 0) is 24.1 Å². The van der Waals surface area contributed by atoms with Crippen molar-refractivity contribution < 1.29 is 29.0 Å². The Morgan fingerprint density at radius 3 is 2.56 bits per heavy atom. The van der Waals surface area contributed by atoms with Crippen molar-refractivity contribution in [3.8, 4) is 35.7 Å². The van der Waals surface area contributed by atoms with E-state index >= 15 is 0 Å². The molecule has 1 fully saturated rings. The van der Waals surface area contributed by atoms with Crippen LogP contribution in [0.2, 0.25) is 0 Å². The maximum absolute atomic E-state index is 12.9. The molecule has 2 unspecified atom stereocenters. The van der Waals surface area contributed by atoms with E-state index in [9.17, 15) is 14.4 Å². The highest BCUT2D eigenvalue weighted by molar-refractivity contribution is 6.08. The molecule has 10 nitrogen and oxygen atoms in total. The number of ether oxygens (including phenoxy) is 2. The Labute approximate surface area is 185 Å². The fourth-order valence-corrected chi connectivity index (χ4v) is 3.52. The predicted molar refractivity (Wildman–Crippen MR) is 114 cm³/mol. The summed E-state index contributed by atoms with van der Waals surface area (Å²) in [6, 6.07) is 3.67. The zero-order chi connectivity index (χ0) is 23.4. The Morgan fingerprint density at radius 2 is 1.94 bits per heavy atom. The van der Waals surface area contributed by atoms with Crippen LogP contribution in [0.3, 0.4) is 0 Å². The highest BCUT2D eigenvalue weighted by Gasteiger charge is 2.51. The lowest BCUT2D eigenvalue weighted by Gasteiger charge is -2.41. The summed E-state index contributed by atoms with van der Waals surface area (Å²) in [5.41, 5.74) is 0.632. The molecular weight excluding hydrogens is 416 g/mol. The van der Waals surface area contributed by atoms with Gasteiger partial charge >= 0.3 is 12.0 Å². The molecule has 0 aromatic heterocycles. The number of carboxylic acids is 1. The Hall–Kier alpha value is -4.18. The van der Waals surface area contributed by atoms with Crippen molar-refractivity contribution in [2.45, 2.75) is 18.6 Å². The van der Waals surface area contributed by atoms with Gasteiger partial charge in [-0.15, -0.1) is 6.42 Å². The number of carbonyl (C=O) groups is 3. The van der Waals surface area contributed by atoms with E-state index in [-0.39, 0.29) is 19.5 Å². The first-order valence-corrected chi connectivity index (χ1v) is 9.64. The summed E-state index contributed by atoms with van der Waals surface area (Å²) in [7, 11) is 4.69. The van der Waals surface area contributed by atoms with Crippen molar-refractivity contribution in [1.82, 2.24) is 14.7 Å². The Bertz CT molecular complexity index is 1080. The second kappa shape index (κ2) is 9.31. The number of urea groups is 1. The second-order valence-corrected chi connectivity index (χ2v) is 6.99. The van der Waals surface area contributed by atoms with E-state index in [1.54, 1.807) is 30.1 Å². The Balaban J connectivity index is 1.93. The van der Waals surface area contributed by atoms with Gasteiger partial charge in [0.25, 0.3) is 5.91 Å². The second-order valence-electron chi connectivity index (χ2n) is 6.99. The summed E-state index contributed by atoms with van der Waals surface area (Å²) in [5, 5.41) is 9.05. The van der Waals surface area contributed by atoms with Crippen LogP contribution in [-0.4, -0.2) is 90.1 Å². The fourth-order valence-electron chi connectivity index (χ4n) is 3.52. The average Bonchev–Trinajstić information content (AvgIpc) is 3.10. The minimum Gasteiger partial charge on any atom is -0.493 e. The largest absolute Gasteiger partial charge is 0.493 e. The van der Waals surface area contributed by atoms with Crippen LogP contribution in [-0.2, 0) is 9.59 Å². The molecule has 1 aromatic carbocycles. The minimum atomic E-state index is -1.07. The first-order chi connectivity index (χ1) is 15.3. The van der Waals surface area contributed by atoms with Crippen molar-refractivity contribution in [3.05, 3.63) is 23.8 Å². The minimum absolute atomic E-state index is 0.114. The molecule has 1 N–H and O–H groups in total. The van der Waals surface area contributed by atoms with Gasteiger partial charge in [0.15, 0.2) is 29.5 Å². The van der Waals surface area contributed by atoms with Crippen LogP contribution >= 0.6 is 0 Å². The normalized spacial score (nSPS) is 19.6. The lowest BCUT2D eigenvalue weighted by atomic mass is 10.1. The quantitative estimate of drug-likeness (QED) is 0.643. The molecule has 3 amide bonds. The third-order valence-electron chi connectivity index (χ3n) is 5.12. The number of likely N-dealkylation sites (N-methyl/N-ethyl adjacent to an activating group) is 1. The molecule has 1 saturated heterocycles. The summed E-state index contributed by atoms with van der Waals surface area (Å²) >= 11 is 0. The van der Waals surface area contributed by atoms with Gasteiger partial charge in [-0.3, -0.25) is 19.4 Å². The molecular formula is C22H22N4O6. The average molecular weight is 438 g/mol. The fraction of sp³-hybridized carbons (Fsp3) is 0.364. The SMILES string of the molecule is C#CCN1C(=O)C2C(N=C(C#Cc3ccc(OC)c(OC)c3)N2C)N(CCC(=O)O)C1=O. The molecule has 166 valence electrons. The number of imide groups is 1. The lowest BCUT2D eigenvalue weighted by Crippen LogP contribution is -2.65. The number of carboxylic acid groups (broad SMARTS) is 1. The van der Waals surface area contributed by atoms with Crippen LogP contribution in [0.1, 0.15) is 12.0 Å². The van der Waals surface area contributed by atoms with E-state index in [2.05, 4.69) is 22.8 Å². The maximum Gasteiger partial charge on any atom is 0.329 e. The molecule has 0 spiro atoms. The number of nitrogens with zero attached hydrogens (tertiary/aromatic N) is 4. The number of carbonyl (C=O) groups excluding carboxylic acids is 2. The van der Waals surface area contributed by atoms with Crippen molar-refractivity contribution in [3.63, 3.8) is 0 Å². The van der Waals surface area contributed by atoms with Crippen molar-refractivity contribution >= 4 is 23.7 Å². The molecule has 0 aliphatic carbocycles. The zero-order valence-electron chi connectivity index (χ0n) is 17.9. The summed E-state index contributed by atoms with van der Waals surface area (Å²) in [4.78, 5) is 45.0. The number of rotatable bonds is 6. The summed E-state index contributed by atoms with van der Waals surface area (Å²) < 4.78 is 10.5. The number of benzene rings is 1. The van der Waals surface area contributed by atoms with Crippen molar-refractivity contribution in [2.75, 3.05) is 34.4 Å². The molecule has 32 heavy (non-hydrogen) atoms. The molecule has 10 heteroatoms. The lowest BCUT2D eigenvalue weighted by molar-refractivity contribution is -0.138. The predicted octanol–water partition coefficient (Wildman–Crippen LogP) is 0.466. The third kappa shape index (κ3) is 4.16. The molecule has 1 aromatic rings. The number of hydrogen-bond donors (Lipinski definition) is 1. The number of hydrogen-bond acceptors (Lipinski definition) is 7. The van der Waals surface area contributed by atoms with Gasteiger partial charge < -0.3 is 19.5 Å². The van der Waals surface area contributed by atoms with Gasteiger partial charge in [0.2, 0.25) is 0 Å². The first-order valence-electron chi connectivity index (χ1n) is 9.64. The molecule has 0 radical (unpaired) electrons. The molecule has 2 heterocycles. The summed E-state index contributed by atoms with van der Waals surface area (Å²) in [6.45, 7) is -0.331. The van der Waals surface area contributed by atoms with Gasteiger partial charge in [0, 0.05) is 19.2 Å². The summed E-state index contributed by atoms with van der Waals surface area (Å²) in [5.74, 6) is 7.98. The smallest absolute Gasteiger partial charge is 0.329 e. The van der Waals surface area contributed by atoms with Gasteiger partial charge in [-0.2, -0.15) is 0 Å². The van der Waals surface area contributed by atoms with E-state index in [0.29, 0.717) is 22.9 Å². The number of aliphatic carboxylic acids is 1. The monoisotopic (exact) mass is 438 g/mol. The number of methoxy groups -OCH3 is 2. The number of amides is 3. The van der Waals surface area contributed by atoms with Crippen LogP contribution in [0.4, 0.5) is 4.79 Å². The van der Waals surface area contributed by atoms with Crippen molar-refractivity contribution in [1.29, 1.82) is 0 Å². The molecule has 2 aliphatic heterocycles. The van der Waals surface area contributed by atoms with Crippen LogP contribution in [0.25, 0.3) is 0 Å². The third-order valence-corrected chi connectivity index (χ3v) is 5.12. The van der Waals surface area contributed by atoms with Crippen LogP contribution in [0.5, 0.6) is 11.5 Å². The molecule has 0 saturated carbocycles. The molecule has 0 bridgehead atoms. The Morgan fingerprint density at radius 1 is 1.22 bits per heavy atom. The van der Waals surface area contributed by atoms with Crippen molar-refractivity contribution in [2.24, 2.45) is 4.99 Å². The molecule has 2 aliphatic rings. The summed E-state index contributed by atoms with van der Waals surface area (Å²) in [6.07, 6.45) is 4.14. The van der Waals surface area contributed by atoms with Gasteiger partial charge in [0.05, 0.1) is 27.2 Å². The molecule has 3 rings (SSSR count). The van der Waals surface area contributed by atoms with E-state index in [1.165, 1.54) is 19.1 Å². The maximum atomic E-state index is 12.9. The number of fused-ring (bicyclic) bond motifs is 1. The Kier molecular flexibility index (Phi) is 6.55.